The zero-order chi connectivity index (χ0) is 20.1. The summed E-state index contributed by atoms with van der Waals surface area (Å²) in [5.41, 5.74) is 7.20. The number of hydrogen-bond acceptors (Lipinski definition) is 5. The molecule has 148 valence electrons. The van der Waals surface area contributed by atoms with Crippen LogP contribution in [0.25, 0.3) is 0 Å². The summed E-state index contributed by atoms with van der Waals surface area (Å²) in [6.45, 7) is 1.67. The molecule has 0 aliphatic carbocycles. The van der Waals surface area contributed by atoms with Gasteiger partial charge in [0, 0.05) is 31.4 Å². The van der Waals surface area contributed by atoms with E-state index in [0.29, 0.717) is 31.8 Å². The number of anilines is 1. The van der Waals surface area contributed by atoms with Crippen molar-refractivity contribution in [3.8, 4) is 11.5 Å². The number of nitrogens with zero attached hydrogens (tertiary/aromatic N) is 2. The first kappa shape index (κ1) is 19.5. The Labute approximate surface area is 164 Å². The van der Waals surface area contributed by atoms with E-state index >= 15 is 0 Å². The van der Waals surface area contributed by atoms with Crippen molar-refractivity contribution < 1.29 is 19.4 Å². The fraction of sp³-hybridized carbons (Fsp3) is 0.333. The summed E-state index contributed by atoms with van der Waals surface area (Å²) in [7, 11) is 1.51. The molecule has 1 atom stereocenters. The molecule has 0 radical (unpaired) electrons. The molecule has 3 N–H and O–H groups in total. The number of rotatable bonds is 6. The van der Waals surface area contributed by atoms with Crippen LogP contribution in [0.5, 0.6) is 11.5 Å². The third-order valence-electron chi connectivity index (χ3n) is 4.97. The molecule has 2 amide bonds. The summed E-state index contributed by atoms with van der Waals surface area (Å²) in [5, 5.41) is 10.1. The molecule has 1 heterocycles. The molecule has 2 aromatic carbocycles. The Morgan fingerprint density at radius 3 is 2.57 bits per heavy atom. The summed E-state index contributed by atoms with van der Waals surface area (Å²) in [6.07, 6.45) is 0.387. The Balaban J connectivity index is 1.81. The predicted octanol–water partition coefficient (Wildman–Crippen LogP) is 1.54. The summed E-state index contributed by atoms with van der Waals surface area (Å²) >= 11 is 0. The number of methoxy groups -OCH3 is 1. The van der Waals surface area contributed by atoms with Gasteiger partial charge in [0.1, 0.15) is 6.42 Å². The van der Waals surface area contributed by atoms with Gasteiger partial charge in [0.05, 0.1) is 13.2 Å². The zero-order valence-corrected chi connectivity index (χ0v) is 15.9. The average molecular weight is 383 g/mol. The lowest BCUT2D eigenvalue weighted by Gasteiger charge is -2.42. The zero-order valence-electron chi connectivity index (χ0n) is 15.9. The summed E-state index contributed by atoms with van der Waals surface area (Å²) < 4.78 is 5.11. The molecule has 0 aromatic heterocycles. The molecule has 7 nitrogen and oxygen atoms in total. The van der Waals surface area contributed by atoms with Crippen LogP contribution in [0.15, 0.2) is 48.5 Å². The molecule has 0 unspecified atom stereocenters. The highest BCUT2D eigenvalue weighted by molar-refractivity contribution is 5.96. The molecule has 0 bridgehead atoms. The highest BCUT2D eigenvalue weighted by atomic mass is 16.5. The molecule has 1 saturated heterocycles. The lowest BCUT2D eigenvalue weighted by molar-refractivity contribution is -0.137. The van der Waals surface area contributed by atoms with Crippen LogP contribution in [0, 0.1) is 0 Å². The van der Waals surface area contributed by atoms with E-state index < -0.39 is 5.91 Å². The monoisotopic (exact) mass is 383 g/mol. The van der Waals surface area contributed by atoms with E-state index in [1.54, 1.807) is 17.0 Å². The van der Waals surface area contributed by atoms with E-state index in [1.165, 1.54) is 7.11 Å². The number of nitrogens with two attached hydrogens (primary N) is 1. The first-order chi connectivity index (χ1) is 13.5. The Kier molecular flexibility index (Phi) is 6.03. The van der Waals surface area contributed by atoms with E-state index in [9.17, 15) is 14.7 Å². The Morgan fingerprint density at radius 2 is 1.93 bits per heavy atom. The number of carbonyl (C=O) groups is 2. The maximum atomic E-state index is 12.5. The van der Waals surface area contributed by atoms with Crippen LogP contribution in [0.1, 0.15) is 12.0 Å². The second-order valence-corrected chi connectivity index (χ2v) is 6.88. The molecule has 0 saturated carbocycles. The first-order valence-electron chi connectivity index (χ1n) is 9.21. The highest BCUT2D eigenvalue weighted by Gasteiger charge is 2.31. The van der Waals surface area contributed by atoms with Crippen LogP contribution in [0.3, 0.4) is 0 Å². The van der Waals surface area contributed by atoms with Gasteiger partial charge in [-0.3, -0.25) is 9.59 Å². The van der Waals surface area contributed by atoms with E-state index in [1.807, 2.05) is 36.4 Å². The number of piperazine rings is 1. The number of carbonyl (C=O) groups excluding carboxylic acids is 2. The Bertz CT molecular complexity index is 841. The van der Waals surface area contributed by atoms with Crippen molar-refractivity contribution in [3.05, 3.63) is 54.1 Å². The molecule has 1 aliphatic rings. The van der Waals surface area contributed by atoms with Crippen molar-refractivity contribution in [1.29, 1.82) is 0 Å². The standard InChI is InChI=1S/C21H25N3O4/c1-28-19-8-7-16(12-18(19)25)23-9-10-24(21(27)13-20(22)26)17(14-23)11-15-5-3-2-4-6-15/h2-8,12,17,25H,9-11,13-14H2,1H3,(H2,22,26)/t17-/m0/s1. The Morgan fingerprint density at radius 1 is 1.18 bits per heavy atom. The van der Waals surface area contributed by atoms with Crippen LogP contribution >= 0.6 is 0 Å². The second kappa shape index (κ2) is 8.65. The van der Waals surface area contributed by atoms with Gasteiger partial charge in [0.15, 0.2) is 11.5 Å². The minimum Gasteiger partial charge on any atom is -0.504 e. The molecule has 1 fully saturated rings. The maximum Gasteiger partial charge on any atom is 0.232 e. The van der Waals surface area contributed by atoms with Crippen LogP contribution in [-0.2, 0) is 16.0 Å². The largest absolute Gasteiger partial charge is 0.504 e. The normalized spacial score (nSPS) is 16.7. The van der Waals surface area contributed by atoms with Crippen LogP contribution in [0.4, 0.5) is 5.69 Å². The predicted molar refractivity (Wildman–Crippen MR) is 106 cm³/mol. The quantitative estimate of drug-likeness (QED) is 0.738. The topological polar surface area (TPSA) is 96.1 Å². The summed E-state index contributed by atoms with van der Waals surface area (Å²) in [5.74, 6) is -0.372. The van der Waals surface area contributed by atoms with Crippen molar-refractivity contribution in [2.45, 2.75) is 18.9 Å². The van der Waals surface area contributed by atoms with Gasteiger partial charge in [-0.25, -0.2) is 0 Å². The van der Waals surface area contributed by atoms with Gasteiger partial charge in [-0.05, 0) is 24.1 Å². The van der Waals surface area contributed by atoms with E-state index in [2.05, 4.69) is 4.90 Å². The van der Waals surface area contributed by atoms with E-state index in [4.69, 9.17) is 10.5 Å². The smallest absolute Gasteiger partial charge is 0.232 e. The van der Waals surface area contributed by atoms with Crippen LogP contribution in [0.2, 0.25) is 0 Å². The first-order valence-corrected chi connectivity index (χ1v) is 9.21. The van der Waals surface area contributed by atoms with Crippen LogP contribution in [-0.4, -0.2) is 54.6 Å². The van der Waals surface area contributed by atoms with Gasteiger partial charge in [-0.1, -0.05) is 30.3 Å². The second-order valence-electron chi connectivity index (χ2n) is 6.88. The van der Waals surface area contributed by atoms with Gasteiger partial charge in [-0.15, -0.1) is 0 Å². The molecule has 2 aromatic rings. The van der Waals surface area contributed by atoms with Gasteiger partial charge in [-0.2, -0.15) is 0 Å². The molecule has 28 heavy (non-hydrogen) atoms. The van der Waals surface area contributed by atoms with Gasteiger partial charge in [0.25, 0.3) is 0 Å². The van der Waals surface area contributed by atoms with Crippen molar-refractivity contribution in [3.63, 3.8) is 0 Å². The molecule has 0 spiro atoms. The average Bonchev–Trinajstić information content (AvgIpc) is 2.68. The lowest BCUT2D eigenvalue weighted by Crippen LogP contribution is -2.56. The molecular weight excluding hydrogens is 358 g/mol. The SMILES string of the molecule is COc1ccc(N2CCN(C(=O)CC(N)=O)[C@@H](Cc3ccccc3)C2)cc1O. The number of amides is 2. The number of hydrogen-bond donors (Lipinski definition) is 2. The van der Waals surface area contributed by atoms with E-state index in [-0.39, 0.29) is 24.1 Å². The fourth-order valence-electron chi connectivity index (χ4n) is 3.60. The number of primary amides is 1. The Hall–Kier alpha value is -3.22. The van der Waals surface area contributed by atoms with Crippen LogP contribution < -0.4 is 15.4 Å². The number of aromatic hydroxyl groups is 1. The van der Waals surface area contributed by atoms with Crippen molar-refractivity contribution in [1.82, 2.24) is 4.90 Å². The minimum atomic E-state index is -0.619. The molecule has 7 heteroatoms. The third kappa shape index (κ3) is 4.54. The lowest BCUT2D eigenvalue weighted by atomic mass is 10.0. The van der Waals surface area contributed by atoms with E-state index in [0.717, 1.165) is 11.3 Å². The van der Waals surface area contributed by atoms with Gasteiger partial charge < -0.3 is 25.4 Å². The van der Waals surface area contributed by atoms with Gasteiger partial charge in [0.2, 0.25) is 11.8 Å². The maximum absolute atomic E-state index is 12.5. The number of phenols is 1. The number of phenolic OH excluding ortho intramolecular Hbond substituents is 1. The minimum absolute atomic E-state index is 0.0758. The van der Waals surface area contributed by atoms with Crippen molar-refractivity contribution >= 4 is 17.5 Å². The number of benzene rings is 2. The van der Waals surface area contributed by atoms with Gasteiger partial charge >= 0.3 is 0 Å². The molecular formula is C21H25N3O4. The summed E-state index contributed by atoms with van der Waals surface area (Å²) in [4.78, 5) is 27.6. The summed E-state index contributed by atoms with van der Waals surface area (Å²) in [6, 6.07) is 15.1. The molecule has 1 aliphatic heterocycles. The van der Waals surface area contributed by atoms with Crippen molar-refractivity contribution in [2.75, 3.05) is 31.6 Å². The highest BCUT2D eigenvalue weighted by Crippen LogP contribution is 2.31. The third-order valence-corrected chi connectivity index (χ3v) is 4.97. The van der Waals surface area contributed by atoms with Crippen molar-refractivity contribution in [2.24, 2.45) is 5.73 Å². The fourth-order valence-corrected chi connectivity index (χ4v) is 3.60. The number of ether oxygens (including phenoxy) is 1. The molecule has 3 rings (SSSR count).